The van der Waals surface area contributed by atoms with Crippen LogP contribution in [0.25, 0.3) is 22.0 Å². The van der Waals surface area contributed by atoms with E-state index in [0.29, 0.717) is 13.0 Å². The number of nitrogens with zero attached hydrogens (tertiary/aromatic N) is 4. The van der Waals surface area contributed by atoms with Gasteiger partial charge in [-0.3, -0.25) is 4.79 Å². The van der Waals surface area contributed by atoms with Crippen LogP contribution in [0.1, 0.15) is 49.7 Å². The summed E-state index contributed by atoms with van der Waals surface area (Å²) in [4.78, 5) is 44.2. The van der Waals surface area contributed by atoms with Gasteiger partial charge in [0.25, 0.3) is 0 Å². The summed E-state index contributed by atoms with van der Waals surface area (Å²) in [6, 6.07) is 22.0. The molecule has 10 nitrogen and oxygen atoms in total. The molecule has 0 radical (unpaired) electrons. The molecule has 0 spiro atoms. The maximum Gasteiger partial charge on any atom is 0.407 e. The Labute approximate surface area is 262 Å². The topological polar surface area (TPSA) is 125 Å². The van der Waals surface area contributed by atoms with E-state index in [9.17, 15) is 9.59 Å². The number of para-hydroxylation sites is 1. The van der Waals surface area contributed by atoms with Crippen LogP contribution >= 0.6 is 0 Å². The molecule has 1 aliphatic heterocycles. The van der Waals surface area contributed by atoms with Gasteiger partial charge in [-0.25, -0.2) is 19.7 Å². The highest BCUT2D eigenvalue weighted by Gasteiger charge is 2.37. The van der Waals surface area contributed by atoms with Gasteiger partial charge in [0.05, 0.1) is 25.0 Å². The first-order valence-corrected chi connectivity index (χ1v) is 15.2. The molecule has 0 aliphatic carbocycles. The van der Waals surface area contributed by atoms with E-state index in [1.807, 2.05) is 61.5 Å². The number of carbonyl (C=O) groups is 2. The molecule has 0 unspecified atom stereocenters. The van der Waals surface area contributed by atoms with Gasteiger partial charge in [-0.15, -0.1) is 0 Å². The Morgan fingerprint density at radius 1 is 1.02 bits per heavy atom. The minimum absolute atomic E-state index is 0.0892. The number of anilines is 2. The molecule has 1 fully saturated rings. The number of alkyl carbamates (subject to hydrolysis) is 1. The third kappa shape index (κ3) is 6.64. The Morgan fingerprint density at radius 2 is 1.84 bits per heavy atom. The number of nitrogens with one attached hydrogen (secondary N) is 3. The molecular weight excluding hydrogens is 566 g/mol. The summed E-state index contributed by atoms with van der Waals surface area (Å²) in [6.07, 6.45) is 6.98. The number of hydrogen-bond donors (Lipinski definition) is 3. The Morgan fingerprint density at radius 3 is 2.64 bits per heavy atom. The van der Waals surface area contributed by atoms with E-state index in [2.05, 4.69) is 62.0 Å². The first-order valence-electron chi connectivity index (χ1n) is 15.2. The van der Waals surface area contributed by atoms with Crippen molar-refractivity contribution in [3.05, 3.63) is 102 Å². The summed E-state index contributed by atoms with van der Waals surface area (Å²) in [5, 5.41) is 8.36. The Bertz CT molecular complexity index is 1800. The van der Waals surface area contributed by atoms with Gasteiger partial charge in [0.15, 0.2) is 0 Å². The first kappa shape index (κ1) is 29.8. The smallest absolute Gasteiger partial charge is 0.407 e. The average Bonchev–Trinajstić information content (AvgIpc) is 3.75. The van der Waals surface area contributed by atoms with E-state index in [-0.39, 0.29) is 17.9 Å². The van der Waals surface area contributed by atoms with Crippen molar-refractivity contribution >= 4 is 34.3 Å². The van der Waals surface area contributed by atoms with Crippen molar-refractivity contribution in [2.45, 2.75) is 45.2 Å². The van der Waals surface area contributed by atoms with Crippen molar-refractivity contribution in [1.29, 1.82) is 0 Å². The number of amides is 2. The molecule has 1 saturated heterocycles. The van der Waals surface area contributed by atoms with E-state index in [1.165, 1.54) is 7.11 Å². The molecule has 2 atom stereocenters. The third-order valence-electron chi connectivity index (χ3n) is 8.27. The monoisotopic (exact) mass is 603 g/mol. The average molecular weight is 604 g/mol. The minimum Gasteiger partial charge on any atom is -0.453 e. The van der Waals surface area contributed by atoms with Crippen LogP contribution in [0.3, 0.4) is 0 Å². The van der Waals surface area contributed by atoms with Crippen LogP contribution in [0.5, 0.6) is 0 Å². The van der Waals surface area contributed by atoms with Gasteiger partial charge in [-0.05, 0) is 53.3 Å². The number of rotatable bonds is 9. The molecule has 5 aromatic rings. The van der Waals surface area contributed by atoms with Crippen molar-refractivity contribution in [3.63, 3.8) is 0 Å². The number of fused-ring (bicyclic) bond motifs is 1. The van der Waals surface area contributed by atoms with Crippen LogP contribution in [0.2, 0.25) is 0 Å². The highest BCUT2D eigenvalue weighted by molar-refractivity contribution is 5.88. The molecule has 2 amide bonds. The van der Waals surface area contributed by atoms with Crippen molar-refractivity contribution in [1.82, 2.24) is 30.2 Å². The molecule has 1 aliphatic rings. The van der Waals surface area contributed by atoms with Crippen molar-refractivity contribution in [2.24, 2.45) is 5.92 Å². The van der Waals surface area contributed by atoms with Gasteiger partial charge in [-0.1, -0.05) is 62.4 Å². The zero-order valence-electron chi connectivity index (χ0n) is 25.7. The van der Waals surface area contributed by atoms with E-state index in [1.54, 1.807) is 6.33 Å². The first-order chi connectivity index (χ1) is 21.9. The molecule has 10 heteroatoms. The highest BCUT2D eigenvalue weighted by Crippen LogP contribution is 2.33. The van der Waals surface area contributed by atoms with Gasteiger partial charge in [0, 0.05) is 36.0 Å². The van der Waals surface area contributed by atoms with E-state index in [0.717, 1.165) is 63.3 Å². The second-order valence-corrected chi connectivity index (χ2v) is 11.7. The summed E-state index contributed by atoms with van der Waals surface area (Å²) >= 11 is 0. The SMILES string of the molecule is COC(=O)N[C@H](C(=O)N1CCC[C@H]1c1ncc(-c2ccc3ccc(Cc4cncnc4Nc4ccccc4)cc3c2)[nH]1)C(C)C. The van der Waals surface area contributed by atoms with Crippen molar-refractivity contribution < 1.29 is 14.3 Å². The summed E-state index contributed by atoms with van der Waals surface area (Å²) < 4.78 is 4.75. The molecule has 3 N–H and O–H groups in total. The van der Waals surface area contributed by atoms with Gasteiger partial charge in [0.2, 0.25) is 5.91 Å². The number of hydrogen-bond acceptors (Lipinski definition) is 7. The zero-order chi connectivity index (χ0) is 31.3. The maximum absolute atomic E-state index is 13.5. The summed E-state index contributed by atoms with van der Waals surface area (Å²) in [7, 11) is 1.30. The van der Waals surface area contributed by atoms with Gasteiger partial charge in [-0.2, -0.15) is 0 Å². The highest BCUT2D eigenvalue weighted by atomic mass is 16.5. The fourth-order valence-corrected chi connectivity index (χ4v) is 5.90. The fraction of sp³-hybridized carbons (Fsp3) is 0.286. The molecule has 6 rings (SSSR count). The summed E-state index contributed by atoms with van der Waals surface area (Å²) in [6.45, 7) is 4.43. The van der Waals surface area contributed by atoms with Crippen LogP contribution in [-0.2, 0) is 16.0 Å². The third-order valence-corrected chi connectivity index (χ3v) is 8.27. The zero-order valence-corrected chi connectivity index (χ0v) is 25.7. The molecule has 2 aromatic heterocycles. The molecule has 0 bridgehead atoms. The number of imidazole rings is 1. The van der Waals surface area contributed by atoms with Gasteiger partial charge in [0.1, 0.15) is 24.0 Å². The van der Waals surface area contributed by atoms with E-state index < -0.39 is 12.1 Å². The predicted octanol–water partition coefficient (Wildman–Crippen LogP) is 6.40. The number of methoxy groups -OCH3 is 1. The maximum atomic E-state index is 13.5. The molecule has 3 aromatic carbocycles. The lowest BCUT2D eigenvalue weighted by Crippen LogP contribution is -2.51. The molecule has 45 heavy (non-hydrogen) atoms. The fourth-order valence-electron chi connectivity index (χ4n) is 5.90. The number of aromatic amines is 1. The normalized spacial score (nSPS) is 15.3. The number of benzene rings is 3. The van der Waals surface area contributed by atoms with Crippen LogP contribution in [0.4, 0.5) is 16.3 Å². The Kier molecular flexibility index (Phi) is 8.72. The standard InChI is InChI=1S/C35H37N7O3/c1-22(2)31(41-35(44)45-3)34(43)42-15-7-10-30(42)33-37-20-29(40-33)25-14-13-24-12-11-23(16-26(24)18-25)17-27-19-36-21-38-32(27)39-28-8-5-4-6-9-28/h4-6,8-9,11-14,16,18-22,30-31H,7,10,15,17H2,1-3H3,(H,37,40)(H,41,44)(H,36,38,39)/t30-,31-/m0/s1. The van der Waals surface area contributed by atoms with Crippen molar-refractivity contribution in [3.8, 4) is 11.3 Å². The number of aromatic nitrogens is 4. The lowest BCUT2D eigenvalue weighted by atomic mass is 10.00. The summed E-state index contributed by atoms with van der Waals surface area (Å²) in [5.74, 6) is 1.32. The molecule has 0 saturated carbocycles. The van der Waals surface area contributed by atoms with Gasteiger partial charge >= 0.3 is 6.09 Å². The van der Waals surface area contributed by atoms with Crippen LogP contribution in [-0.4, -0.2) is 56.5 Å². The van der Waals surface area contributed by atoms with Crippen LogP contribution < -0.4 is 10.6 Å². The quantitative estimate of drug-likeness (QED) is 0.178. The number of carbonyl (C=O) groups excluding carboxylic acids is 2. The summed E-state index contributed by atoms with van der Waals surface area (Å²) in [5.41, 5.74) is 5.03. The van der Waals surface area contributed by atoms with Crippen LogP contribution in [0.15, 0.2) is 85.5 Å². The second kappa shape index (κ2) is 13.2. The Balaban J connectivity index is 1.21. The van der Waals surface area contributed by atoms with Gasteiger partial charge < -0.3 is 25.3 Å². The Hall–Kier alpha value is -5.25. The number of ether oxygens (including phenoxy) is 1. The minimum atomic E-state index is -0.671. The molecule has 230 valence electrons. The second-order valence-electron chi connectivity index (χ2n) is 11.7. The number of H-pyrrole nitrogens is 1. The lowest BCUT2D eigenvalue weighted by molar-refractivity contribution is -0.135. The number of likely N-dealkylation sites (tertiary alicyclic amines) is 1. The van der Waals surface area contributed by atoms with E-state index >= 15 is 0 Å². The van der Waals surface area contributed by atoms with Crippen molar-refractivity contribution in [2.75, 3.05) is 19.0 Å². The largest absolute Gasteiger partial charge is 0.453 e. The molecule has 3 heterocycles. The lowest BCUT2D eigenvalue weighted by Gasteiger charge is -2.30. The van der Waals surface area contributed by atoms with Crippen LogP contribution in [0, 0.1) is 5.92 Å². The predicted molar refractivity (Wildman–Crippen MR) is 174 cm³/mol. The molecular formula is C35H37N7O3. The van der Waals surface area contributed by atoms with E-state index in [4.69, 9.17) is 9.72 Å².